The minimum absolute atomic E-state index is 0.296. The predicted octanol–water partition coefficient (Wildman–Crippen LogP) is 6.18. The number of anilines is 2. The smallest absolute Gasteiger partial charge is 0.184 e. The van der Waals surface area contributed by atoms with Crippen LogP contribution in [0.25, 0.3) is 0 Å². The maximum absolute atomic E-state index is 12.8. The average Bonchev–Trinajstić information content (AvgIpc) is 3.47. The molecule has 1 fully saturated rings. The van der Waals surface area contributed by atoms with Gasteiger partial charge in [-0.25, -0.2) is 0 Å². The number of para-hydroxylation sites is 2. The summed E-state index contributed by atoms with van der Waals surface area (Å²) >= 11 is 0. The Morgan fingerprint density at radius 3 is 1.70 bits per heavy atom. The third-order valence-electron chi connectivity index (χ3n) is 6.94. The van der Waals surface area contributed by atoms with Gasteiger partial charge in [-0.05, 0) is 72.9 Å². The van der Waals surface area contributed by atoms with Gasteiger partial charge in [0.05, 0.1) is 0 Å². The van der Waals surface area contributed by atoms with Crippen LogP contribution in [0, 0.1) is 0 Å². The second kappa shape index (κ2) is 8.51. The van der Waals surface area contributed by atoms with E-state index in [9.17, 15) is 4.79 Å². The van der Waals surface area contributed by atoms with E-state index in [0.29, 0.717) is 17.6 Å². The van der Waals surface area contributed by atoms with Crippen LogP contribution in [0.3, 0.4) is 0 Å². The quantitative estimate of drug-likeness (QED) is 0.571. The van der Waals surface area contributed by atoms with Gasteiger partial charge in [-0.2, -0.15) is 0 Å². The number of hydrogen-bond donors (Lipinski definition) is 2. The van der Waals surface area contributed by atoms with Crippen LogP contribution in [0.15, 0.2) is 71.8 Å². The fraction of sp³-hybridized carbons (Fsp3) is 0.370. The molecule has 3 heteroatoms. The Morgan fingerprint density at radius 2 is 1.20 bits per heavy atom. The van der Waals surface area contributed by atoms with Crippen molar-refractivity contribution in [3.8, 4) is 0 Å². The molecule has 154 valence electrons. The summed E-state index contributed by atoms with van der Waals surface area (Å²) in [5, 5.41) is 6.99. The van der Waals surface area contributed by atoms with E-state index in [1.165, 1.54) is 22.5 Å². The molecule has 0 spiro atoms. The Labute approximate surface area is 179 Å². The highest BCUT2D eigenvalue weighted by Gasteiger charge is 2.25. The Hall–Kier alpha value is -2.81. The van der Waals surface area contributed by atoms with Gasteiger partial charge in [0.1, 0.15) is 0 Å². The summed E-state index contributed by atoms with van der Waals surface area (Å²) in [6, 6.07) is 17.2. The Morgan fingerprint density at radius 1 is 0.733 bits per heavy atom. The first kappa shape index (κ1) is 19.2. The molecule has 3 aliphatic rings. The van der Waals surface area contributed by atoms with Crippen LogP contribution in [0.2, 0.25) is 0 Å². The van der Waals surface area contributed by atoms with Crippen molar-refractivity contribution < 1.29 is 4.79 Å². The first-order valence-corrected chi connectivity index (χ1v) is 11.4. The van der Waals surface area contributed by atoms with Crippen LogP contribution >= 0.6 is 0 Å². The number of rotatable bonds is 6. The number of fused-ring (bicyclic) bond motifs is 2. The van der Waals surface area contributed by atoms with Crippen molar-refractivity contribution >= 4 is 17.2 Å². The van der Waals surface area contributed by atoms with Gasteiger partial charge >= 0.3 is 0 Å². The van der Waals surface area contributed by atoms with Crippen LogP contribution < -0.4 is 10.6 Å². The average molecular weight is 399 g/mol. The van der Waals surface area contributed by atoms with Crippen molar-refractivity contribution in [2.45, 2.75) is 50.4 Å². The molecule has 2 unspecified atom stereocenters. The van der Waals surface area contributed by atoms with E-state index >= 15 is 0 Å². The van der Waals surface area contributed by atoms with E-state index in [1.54, 1.807) is 0 Å². The molecule has 2 aromatic rings. The van der Waals surface area contributed by atoms with Gasteiger partial charge in [0, 0.05) is 36.3 Å². The van der Waals surface area contributed by atoms with Gasteiger partial charge in [0.2, 0.25) is 0 Å². The van der Waals surface area contributed by atoms with E-state index in [-0.39, 0.29) is 0 Å². The van der Waals surface area contributed by atoms with E-state index < -0.39 is 0 Å². The normalized spacial score (nSPS) is 24.7. The van der Waals surface area contributed by atoms with Gasteiger partial charge in [-0.3, -0.25) is 4.79 Å². The van der Waals surface area contributed by atoms with Gasteiger partial charge in [-0.15, -0.1) is 0 Å². The standard InChI is InChI=1S/C27H30N2O/c30-27-19(7-5-9-21-17-28-25-13-3-1-11-23(21)25)15-16-20(27)8-6-10-22-18-29-26-14-4-2-12-24(22)26/h1-4,7-8,11-14,21-22,28-29H,5-6,9-10,15-18H2. The van der Waals surface area contributed by atoms with Crippen LogP contribution in [0.4, 0.5) is 11.4 Å². The summed E-state index contributed by atoms with van der Waals surface area (Å²) in [6.45, 7) is 2.03. The number of benzene rings is 2. The van der Waals surface area contributed by atoms with Gasteiger partial charge in [0.15, 0.2) is 5.78 Å². The monoisotopic (exact) mass is 398 g/mol. The zero-order valence-electron chi connectivity index (χ0n) is 17.5. The molecule has 2 N–H and O–H groups in total. The second-order valence-corrected chi connectivity index (χ2v) is 8.77. The fourth-order valence-corrected chi connectivity index (χ4v) is 5.24. The topological polar surface area (TPSA) is 41.1 Å². The fourth-order valence-electron chi connectivity index (χ4n) is 5.24. The lowest BCUT2D eigenvalue weighted by Gasteiger charge is -2.08. The van der Waals surface area contributed by atoms with E-state index in [1.807, 2.05) is 0 Å². The third kappa shape index (κ3) is 3.81. The highest BCUT2D eigenvalue weighted by atomic mass is 16.1. The Bertz CT molecular complexity index is 924. The minimum atomic E-state index is 0.296. The number of carbonyl (C=O) groups is 1. The number of Topliss-reactive ketones (excluding diaryl/α,β-unsaturated/α-hetero) is 1. The number of nitrogens with one attached hydrogen (secondary N) is 2. The third-order valence-corrected chi connectivity index (χ3v) is 6.94. The van der Waals surface area contributed by atoms with Crippen molar-refractivity contribution in [1.82, 2.24) is 0 Å². The van der Waals surface area contributed by atoms with Crippen molar-refractivity contribution in [2.75, 3.05) is 23.7 Å². The number of carbonyl (C=O) groups excluding carboxylic acids is 1. The molecule has 2 aromatic carbocycles. The summed E-state index contributed by atoms with van der Waals surface area (Å²) in [5.41, 5.74) is 7.48. The maximum atomic E-state index is 12.8. The first-order chi connectivity index (χ1) is 14.8. The Balaban J connectivity index is 1.13. The van der Waals surface area contributed by atoms with Crippen LogP contribution in [0.1, 0.15) is 61.5 Å². The predicted molar refractivity (Wildman–Crippen MR) is 124 cm³/mol. The zero-order chi connectivity index (χ0) is 20.3. The molecule has 0 saturated heterocycles. The summed E-state index contributed by atoms with van der Waals surface area (Å²) in [4.78, 5) is 12.8. The molecular weight excluding hydrogens is 368 g/mol. The Kier molecular flexibility index (Phi) is 5.44. The van der Waals surface area contributed by atoms with Gasteiger partial charge < -0.3 is 10.6 Å². The lowest BCUT2D eigenvalue weighted by atomic mass is 9.95. The molecule has 30 heavy (non-hydrogen) atoms. The second-order valence-electron chi connectivity index (χ2n) is 8.77. The molecule has 1 saturated carbocycles. The summed E-state index contributed by atoms with van der Waals surface area (Å²) in [5.74, 6) is 1.42. The molecule has 1 aliphatic carbocycles. The SMILES string of the molecule is O=C1C(=CCCC2CNc3ccccc32)CCC1=CCCC1CNc2ccccc21. The number of allylic oxidation sites excluding steroid dienone is 4. The molecule has 2 aliphatic heterocycles. The number of ketones is 1. The molecule has 2 heterocycles. The van der Waals surface area contributed by atoms with Crippen molar-refractivity contribution in [2.24, 2.45) is 0 Å². The minimum Gasteiger partial charge on any atom is -0.384 e. The summed E-state index contributed by atoms with van der Waals surface area (Å²) < 4.78 is 0. The van der Waals surface area contributed by atoms with Crippen molar-refractivity contribution in [1.29, 1.82) is 0 Å². The lowest BCUT2D eigenvalue weighted by molar-refractivity contribution is -0.111. The van der Waals surface area contributed by atoms with E-state index in [4.69, 9.17) is 0 Å². The first-order valence-electron chi connectivity index (χ1n) is 11.4. The highest BCUT2D eigenvalue weighted by Crippen LogP contribution is 2.36. The van der Waals surface area contributed by atoms with Crippen LogP contribution in [-0.2, 0) is 4.79 Å². The molecule has 5 rings (SSSR count). The van der Waals surface area contributed by atoms with E-state index in [2.05, 4.69) is 71.3 Å². The molecule has 3 nitrogen and oxygen atoms in total. The van der Waals surface area contributed by atoms with Gasteiger partial charge in [-0.1, -0.05) is 48.6 Å². The largest absolute Gasteiger partial charge is 0.384 e. The van der Waals surface area contributed by atoms with Crippen molar-refractivity contribution in [3.63, 3.8) is 0 Å². The van der Waals surface area contributed by atoms with Crippen LogP contribution in [-0.4, -0.2) is 18.9 Å². The lowest BCUT2D eigenvalue weighted by Crippen LogP contribution is -2.02. The summed E-state index contributed by atoms with van der Waals surface area (Å²) in [6.07, 6.45) is 10.4. The van der Waals surface area contributed by atoms with Crippen LogP contribution in [0.5, 0.6) is 0 Å². The van der Waals surface area contributed by atoms with E-state index in [0.717, 1.165) is 62.8 Å². The molecule has 2 atom stereocenters. The zero-order valence-corrected chi connectivity index (χ0v) is 17.5. The summed E-state index contributed by atoms with van der Waals surface area (Å²) in [7, 11) is 0. The molecular formula is C27H30N2O. The highest BCUT2D eigenvalue weighted by molar-refractivity contribution is 6.10. The molecule has 0 amide bonds. The van der Waals surface area contributed by atoms with Gasteiger partial charge in [0.25, 0.3) is 0 Å². The maximum Gasteiger partial charge on any atom is 0.184 e. The molecule has 0 aromatic heterocycles. The van der Waals surface area contributed by atoms with Crippen molar-refractivity contribution in [3.05, 3.63) is 83.0 Å². The molecule has 0 radical (unpaired) electrons. The molecule has 0 bridgehead atoms. The number of hydrogen-bond acceptors (Lipinski definition) is 3.